The summed E-state index contributed by atoms with van der Waals surface area (Å²) in [5.41, 5.74) is 3.10. The Labute approximate surface area is 152 Å². The Balaban J connectivity index is 1.58. The van der Waals surface area contributed by atoms with E-state index in [1.165, 1.54) is 11.1 Å². The van der Waals surface area contributed by atoms with Crippen molar-refractivity contribution in [1.29, 1.82) is 0 Å². The van der Waals surface area contributed by atoms with Gasteiger partial charge in [0.2, 0.25) is 0 Å². The molecule has 2 aromatic rings. The third-order valence-corrected chi connectivity index (χ3v) is 4.90. The molecule has 0 aromatic heterocycles. The van der Waals surface area contributed by atoms with Crippen molar-refractivity contribution in [2.24, 2.45) is 0 Å². The van der Waals surface area contributed by atoms with Crippen LogP contribution in [0.15, 0.2) is 42.5 Å². The third-order valence-electron chi connectivity index (χ3n) is 4.35. The highest BCUT2D eigenvalue weighted by molar-refractivity contribution is 6.36. The summed E-state index contributed by atoms with van der Waals surface area (Å²) in [6.45, 7) is 6.17. The summed E-state index contributed by atoms with van der Waals surface area (Å²) in [5.74, 6) is -0.0216. The van der Waals surface area contributed by atoms with Crippen molar-refractivity contribution >= 4 is 29.1 Å². The Bertz CT molecular complexity index is 723. The minimum Gasteiger partial charge on any atom is -0.336 e. The van der Waals surface area contributed by atoms with E-state index in [4.69, 9.17) is 23.2 Å². The summed E-state index contributed by atoms with van der Waals surface area (Å²) >= 11 is 12.0. The van der Waals surface area contributed by atoms with Gasteiger partial charge in [-0.25, -0.2) is 0 Å². The predicted molar refractivity (Wildman–Crippen MR) is 98.8 cm³/mol. The van der Waals surface area contributed by atoms with Gasteiger partial charge < -0.3 is 4.90 Å². The number of benzene rings is 2. The average Bonchev–Trinajstić information content (AvgIpc) is 2.57. The van der Waals surface area contributed by atoms with Crippen molar-refractivity contribution in [3.63, 3.8) is 0 Å². The zero-order chi connectivity index (χ0) is 17.1. The summed E-state index contributed by atoms with van der Waals surface area (Å²) < 4.78 is 0. The number of hydrogen-bond acceptors (Lipinski definition) is 2. The molecule has 126 valence electrons. The number of nitrogens with zero attached hydrogens (tertiary/aromatic N) is 2. The van der Waals surface area contributed by atoms with Crippen LogP contribution in [0.4, 0.5) is 0 Å². The van der Waals surface area contributed by atoms with Gasteiger partial charge in [0.25, 0.3) is 5.91 Å². The van der Waals surface area contributed by atoms with Gasteiger partial charge in [-0.3, -0.25) is 9.69 Å². The molecule has 0 atom stereocenters. The number of rotatable bonds is 3. The number of piperazine rings is 1. The molecule has 5 heteroatoms. The predicted octanol–water partition coefficient (Wildman–Crippen LogP) is 4.26. The maximum Gasteiger partial charge on any atom is 0.255 e. The lowest BCUT2D eigenvalue weighted by molar-refractivity contribution is 0.0628. The van der Waals surface area contributed by atoms with Crippen LogP contribution in [0, 0.1) is 6.92 Å². The van der Waals surface area contributed by atoms with Gasteiger partial charge >= 0.3 is 0 Å². The number of aryl methyl sites for hydroxylation is 1. The number of amides is 1. The minimum absolute atomic E-state index is 0.0216. The van der Waals surface area contributed by atoms with Gasteiger partial charge in [-0.2, -0.15) is 0 Å². The lowest BCUT2D eigenvalue weighted by Crippen LogP contribution is -2.48. The summed E-state index contributed by atoms with van der Waals surface area (Å²) in [6.07, 6.45) is 0. The fourth-order valence-electron chi connectivity index (χ4n) is 2.89. The van der Waals surface area contributed by atoms with Crippen molar-refractivity contribution in [3.05, 3.63) is 69.2 Å². The maximum atomic E-state index is 12.6. The van der Waals surface area contributed by atoms with E-state index in [1.54, 1.807) is 18.2 Å². The first-order valence-corrected chi connectivity index (χ1v) is 8.81. The molecule has 1 saturated heterocycles. The quantitative estimate of drug-likeness (QED) is 0.814. The Morgan fingerprint density at radius 1 is 1.00 bits per heavy atom. The molecule has 0 bridgehead atoms. The van der Waals surface area contributed by atoms with Gasteiger partial charge in [0.15, 0.2) is 0 Å². The molecule has 2 aromatic carbocycles. The minimum atomic E-state index is -0.0216. The van der Waals surface area contributed by atoms with E-state index < -0.39 is 0 Å². The molecule has 0 aliphatic carbocycles. The van der Waals surface area contributed by atoms with Crippen LogP contribution in [-0.2, 0) is 6.54 Å². The fourth-order valence-corrected chi connectivity index (χ4v) is 3.38. The second-order valence-electron chi connectivity index (χ2n) is 6.18. The van der Waals surface area contributed by atoms with Crippen LogP contribution in [-0.4, -0.2) is 41.9 Å². The van der Waals surface area contributed by atoms with Crippen molar-refractivity contribution in [2.45, 2.75) is 13.5 Å². The molecule has 1 aliphatic rings. The van der Waals surface area contributed by atoms with Crippen LogP contribution in [0.5, 0.6) is 0 Å². The van der Waals surface area contributed by atoms with Crippen molar-refractivity contribution in [2.75, 3.05) is 26.2 Å². The molecule has 1 fully saturated rings. The lowest BCUT2D eigenvalue weighted by atomic mass is 10.1. The zero-order valence-electron chi connectivity index (χ0n) is 13.6. The molecule has 0 radical (unpaired) electrons. The second-order valence-corrected chi connectivity index (χ2v) is 7.02. The normalized spacial score (nSPS) is 15.5. The summed E-state index contributed by atoms with van der Waals surface area (Å²) in [7, 11) is 0. The number of hydrogen-bond donors (Lipinski definition) is 0. The van der Waals surface area contributed by atoms with Crippen LogP contribution in [0.3, 0.4) is 0 Å². The van der Waals surface area contributed by atoms with Crippen LogP contribution in [0.25, 0.3) is 0 Å². The van der Waals surface area contributed by atoms with Gasteiger partial charge in [0.05, 0.1) is 10.6 Å². The van der Waals surface area contributed by atoms with E-state index in [0.717, 1.165) is 19.6 Å². The first kappa shape index (κ1) is 17.3. The van der Waals surface area contributed by atoms with E-state index in [0.29, 0.717) is 28.7 Å². The maximum absolute atomic E-state index is 12.6. The summed E-state index contributed by atoms with van der Waals surface area (Å²) in [4.78, 5) is 16.8. The van der Waals surface area contributed by atoms with E-state index in [-0.39, 0.29) is 5.91 Å². The van der Waals surface area contributed by atoms with Crippen LogP contribution >= 0.6 is 23.2 Å². The average molecular weight is 363 g/mol. The molecule has 1 aliphatic heterocycles. The van der Waals surface area contributed by atoms with Gasteiger partial charge in [-0.15, -0.1) is 0 Å². The second kappa shape index (κ2) is 7.56. The molecule has 0 N–H and O–H groups in total. The van der Waals surface area contributed by atoms with E-state index in [9.17, 15) is 4.79 Å². The molecule has 1 amide bonds. The molecule has 0 spiro atoms. The Kier molecular flexibility index (Phi) is 5.44. The number of carbonyl (C=O) groups excluding carboxylic acids is 1. The standard InChI is InChI=1S/C19H20Cl2N2O/c1-14-2-4-15(5-3-14)13-22-8-10-23(11-9-22)19(24)17-7-6-16(20)12-18(17)21/h2-7,12H,8-11,13H2,1H3. The molecule has 24 heavy (non-hydrogen) atoms. The highest BCUT2D eigenvalue weighted by Crippen LogP contribution is 2.23. The highest BCUT2D eigenvalue weighted by Gasteiger charge is 2.23. The topological polar surface area (TPSA) is 23.6 Å². The first-order valence-electron chi connectivity index (χ1n) is 8.05. The summed E-state index contributed by atoms with van der Waals surface area (Å²) in [5, 5.41) is 0.953. The largest absolute Gasteiger partial charge is 0.336 e. The smallest absolute Gasteiger partial charge is 0.255 e. The molecular weight excluding hydrogens is 343 g/mol. The Morgan fingerprint density at radius 2 is 1.67 bits per heavy atom. The van der Waals surface area contributed by atoms with Gasteiger partial charge in [0, 0.05) is 37.7 Å². The Morgan fingerprint density at radius 3 is 2.29 bits per heavy atom. The monoisotopic (exact) mass is 362 g/mol. The van der Waals surface area contributed by atoms with Crippen LogP contribution < -0.4 is 0 Å². The van der Waals surface area contributed by atoms with Crippen molar-refractivity contribution in [3.8, 4) is 0 Å². The number of halogens is 2. The van der Waals surface area contributed by atoms with E-state index in [2.05, 4.69) is 36.1 Å². The van der Waals surface area contributed by atoms with Gasteiger partial charge in [-0.1, -0.05) is 53.0 Å². The summed E-state index contributed by atoms with van der Waals surface area (Å²) in [6, 6.07) is 13.6. The molecular formula is C19H20Cl2N2O. The van der Waals surface area contributed by atoms with E-state index in [1.807, 2.05) is 4.90 Å². The number of carbonyl (C=O) groups is 1. The van der Waals surface area contributed by atoms with Gasteiger partial charge in [-0.05, 0) is 30.7 Å². The molecule has 1 heterocycles. The highest BCUT2D eigenvalue weighted by atomic mass is 35.5. The van der Waals surface area contributed by atoms with Crippen LogP contribution in [0.2, 0.25) is 10.0 Å². The lowest BCUT2D eigenvalue weighted by Gasteiger charge is -2.35. The van der Waals surface area contributed by atoms with Gasteiger partial charge in [0.1, 0.15) is 0 Å². The molecule has 3 rings (SSSR count). The third kappa shape index (κ3) is 4.10. The molecule has 3 nitrogen and oxygen atoms in total. The molecule has 0 saturated carbocycles. The van der Waals surface area contributed by atoms with Crippen LogP contribution in [0.1, 0.15) is 21.5 Å². The molecule has 0 unspecified atom stereocenters. The Hall–Kier alpha value is -1.55. The fraction of sp³-hybridized carbons (Fsp3) is 0.316. The van der Waals surface area contributed by atoms with Crippen molar-refractivity contribution < 1.29 is 4.79 Å². The van der Waals surface area contributed by atoms with E-state index >= 15 is 0 Å². The van der Waals surface area contributed by atoms with Crippen molar-refractivity contribution in [1.82, 2.24) is 9.80 Å². The SMILES string of the molecule is Cc1ccc(CN2CCN(C(=O)c3ccc(Cl)cc3Cl)CC2)cc1. The first-order chi connectivity index (χ1) is 11.5. The zero-order valence-corrected chi connectivity index (χ0v) is 15.1.